The minimum absolute atomic E-state index is 0.0192. The van der Waals surface area contributed by atoms with Gasteiger partial charge >= 0.3 is 5.97 Å². The Balaban J connectivity index is 1.70. The number of methoxy groups -OCH3 is 1. The number of hydrogen-bond acceptors (Lipinski definition) is 3. The van der Waals surface area contributed by atoms with Gasteiger partial charge in [0, 0.05) is 12.1 Å². The van der Waals surface area contributed by atoms with Crippen LogP contribution in [0.25, 0.3) is 0 Å². The SMILES string of the molecule is COc1ccccc1C1(C(=O)NCc2ccc(C(=O)O)cc2)CC1. The molecular weight excluding hydrogens is 306 g/mol. The quantitative estimate of drug-likeness (QED) is 0.856. The van der Waals surface area contributed by atoms with Crippen LogP contribution in [0.2, 0.25) is 0 Å². The highest BCUT2D eigenvalue weighted by molar-refractivity contribution is 5.92. The molecule has 0 aliphatic heterocycles. The first kappa shape index (κ1) is 16.1. The number of carboxylic acid groups (broad SMARTS) is 1. The van der Waals surface area contributed by atoms with Crippen LogP contribution in [0.1, 0.15) is 34.3 Å². The molecular formula is C19H19NO4. The molecule has 0 heterocycles. The fourth-order valence-corrected chi connectivity index (χ4v) is 2.90. The van der Waals surface area contributed by atoms with E-state index in [2.05, 4.69) is 5.32 Å². The van der Waals surface area contributed by atoms with E-state index in [0.717, 1.165) is 29.7 Å². The fourth-order valence-electron chi connectivity index (χ4n) is 2.90. The van der Waals surface area contributed by atoms with Gasteiger partial charge in [0.2, 0.25) is 5.91 Å². The van der Waals surface area contributed by atoms with Crippen LogP contribution in [0.15, 0.2) is 48.5 Å². The van der Waals surface area contributed by atoms with Crippen LogP contribution in [0, 0.1) is 0 Å². The summed E-state index contributed by atoms with van der Waals surface area (Å²) in [7, 11) is 1.61. The Hall–Kier alpha value is -2.82. The maximum Gasteiger partial charge on any atom is 0.335 e. The first-order chi connectivity index (χ1) is 11.6. The topological polar surface area (TPSA) is 75.6 Å². The van der Waals surface area contributed by atoms with Crippen molar-refractivity contribution in [3.05, 3.63) is 65.2 Å². The number of carbonyl (C=O) groups is 2. The molecule has 2 aromatic rings. The fraction of sp³-hybridized carbons (Fsp3) is 0.263. The van der Waals surface area contributed by atoms with Crippen molar-refractivity contribution in [2.75, 3.05) is 7.11 Å². The predicted octanol–water partition coefficient (Wildman–Crippen LogP) is 2.74. The van der Waals surface area contributed by atoms with Gasteiger partial charge in [-0.3, -0.25) is 4.79 Å². The van der Waals surface area contributed by atoms with Crippen molar-refractivity contribution in [2.24, 2.45) is 0 Å². The molecule has 0 saturated heterocycles. The number of aromatic carboxylic acids is 1. The molecule has 2 aromatic carbocycles. The maximum absolute atomic E-state index is 12.7. The Morgan fingerprint density at radius 2 is 1.79 bits per heavy atom. The van der Waals surface area contributed by atoms with Crippen LogP contribution in [0.5, 0.6) is 5.75 Å². The number of carboxylic acids is 1. The van der Waals surface area contributed by atoms with Gasteiger partial charge in [0.05, 0.1) is 18.1 Å². The van der Waals surface area contributed by atoms with E-state index in [1.165, 1.54) is 12.1 Å². The molecule has 1 amide bonds. The van der Waals surface area contributed by atoms with Crippen LogP contribution in [-0.2, 0) is 16.8 Å². The van der Waals surface area contributed by atoms with E-state index in [1.807, 2.05) is 24.3 Å². The Kier molecular flexibility index (Phi) is 4.25. The first-order valence-corrected chi connectivity index (χ1v) is 7.81. The van der Waals surface area contributed by atoms with Crippen molar-refractivity contribution in [1.82, 2.24) is 5.32 Å². The highest BCUT2D eigenvalue weighted by atomic mass is 16.5. The molecule has 5 heteroatoms. The zero-order valence-electron chi connectivity index (χ0n) is 13.4. The molecule has 124 valence electrons. The standard InChI is InChI=1S/C19H19NO4/c1-24-16-5-3-2-4-15(16)19(10-11-19)18(23)20-12-13-6-8-14(9-7-13)17(21)22/h2-9H,10-12H2,1H3,(H,20,23)(H,21,22). The molecule has 0 unspecified atom stereocenters. The van der Waals surface area contributed by atoms with Crippen molar-refractivity contribution >= 4 is 11.9 Å². The lowest BCUT2D eigenvalue weighted by Gasteiger charge is -2.18. The normalized spacial score (nSPS) is 14.7. The van der Waals surface area contributed by atoms with Crippen molar-refractivity contribution in [3.63, 3.8) is 0 Å². The van der Waals surface area contributed by atoms with Crippen LogP contribution in [0.4, 0.5) is 0 Å². The van der Waals surface area contributed by atoms with Gasteiger partial charge in [-0.15, -0.1) is 0 Å². The number of ether oxygens (including phenoxy) is 1. The predicted molar refractivity (Wildman–Crippen MR) is 89.2 cm³/mol. The van der Waals surface area contributed by atoms with Gasteiger partial charge in [-0.2, -0.15) is 0 Å². The third-order valence-corrected chi connectivity index (χ3v) is 4.46. The first-order valence-electron chi connectivity index (χ1n) is 7.81. The zero-order valence-corrected chi connectivity index (χ0v) is 13.4. The second kappa shape index (κ2) is 6.35. The van der Waals surface area contributed by atoms with E-state index in [4.69, 9.17) is 9.84 Å². The van der Waals surface area contributed by atoms with E-state index >= 15 is 0 Å². The van der Waals surface area contributed by atoms with Gasteiger partial charge in [-0.05, 0) is 36.6 Å². The summed E-state index contributed by atoms with van der Waals surface area (Å²) in [5.74, 6) is -0.246. The minimum atomic E-state index is -0.960. The number of nitrogens with one attached hydrogen (secondary N) is 1. The van der Waals surface area contributed by atoms with Crippen molar-refractivity contribution in [3.8, 4) is 5.75 Å². The van der Waals surface area contributed by atoms with Crippen molar-refractivity contribution in [1.29, 1.82) is 0 Å². The second-order valence-electron chi connectivity index (χ2n) is 5.97. The number of rotatable bonds is 6. The van der Waals surface area contributed by atoms with Gasteiger partial charge in [0.1, 0.15) is 5.75 Å². The van der Waals surface area contributed by atoms with E-state index in [1.54, 1.807) is 19.2 Å². The molecule has 0 radical (unpaired) electrons. The molecule has 2 N–H and O–H groups in total. The zero-order chi connectivity index (χ0) is 17.2. The molecule has 1 fully saturated rings. The third kappa shape index (κ3) is 2.97. The summed E-state index contributed by atoms with van der Waals surface area (Å²) in [6.07, 6.45) is 1.61. The van der Waals surface area contributed by atoms with Crippen LogP contribution in [-0.4, -0.2) is 24.1 Å². The summed E-state index contributed by atoms with van der Waals surface area (Å²) >= 11 is 0. The van der Waals surface area contributed by atoms with Crippen LogP contribution < -0.4 is 10.1 Å². The Morgan fingerprint density at radius 3 is 2.38 bits per heavy atom. The van der Waals surface area contributed by atoms with Gasteiger partial charge < -0.3 is 15.2 Å². The minimum Gasteiger partial charge on any atom is -0.496 e. The summed E-state index contributed by atoms with van der Waals surface area (Å²) < 4.78 is 5.38. The average molecular weight is 325 g/mol. The summed E-state index contributed by atoms with van der Waals surface area (Å²) in [5.41, 5.74) is 1.52. The number of carbonyl (C=O) groups excluding carboxylic acids is 1. The molecule has 1 aliphatic carbocycles. The molecule has 0 bridgehead atoms. The molecule has 1 saturated carbocycles. The lowest BCUT2D eigenvalue weighted by Crippen LogP contribution is -2.34. The summed E-state index contributed by atoms with van der Waals surface area (Å²) in [6, 6.07) is 14.1. The van der Waals surface area contributed by atoms with Crippen molar-refractivity contribution in [2.45, 2.75) is 24.8 Å². The Bertz CT molecular complexity index is 763. The lowest BCUT2D eigenvalue weighted by molar-refractivity contribution is -0.123. The highest BCUT2D eigenvalue weighted by Crippen LogP contribution is 2.51. The number of para-hydroxylation sites is 1. The second-order valence-corrected chi connectivity index (χ2v) is 5.97. The molecule has 3 rings (SSSR count). The summed E-state index contributed by atoms with van der Waals surface area (Å²) in [4.78, 5) is 23.5. The average Bonchev–Trinajstić information content (AvgIpc) is 3.41. The van der Waals surface area contributed by atoms with Gasteiger partial charge in [-0.1, -0.05) is 30.3 Å². The molecule has 0 spiro atoms. The Morgan fingerprint density at radius 1 is 1.12 bits per heavy atom. The highest BCUT2D eigenvalue weighted by Gasteiger charge is 2.52. The van der Waals surface area contributed by atoms with Gasteiger partial charge in [0.25, 0.3) is 0 Å². The molecule has 0 aromatic heterocycles. The molecule has 0 atom stereocenters. The largest absolute Gasteiger partial charge is 0.496 e. The monoisotopic (exact) mass is 325 g/mol. The molecule has 5 nitrogen and oxygen atoms in total. The number of amides is 1. The van der Waals surface area contributed by atoms with E-state index in [-0.39, 0.29) is 11.5 Å². The molecule has 1 aliphatic rings. The van der Waals surface area contributed by atoms with Crippen molar-refractivity contribution < 1.29 is 19.4 Å². The molecule has 24 heavy (non-hydrogen) atoms. The van der Waals surface area contributed by atoms with Crippen LogP contribution >= 0.6 is 0 Å². The van der Waals surface area contributed by atoms with E-state index < -0.39 is 11.4 Å². The van der Waals surface area contributed by atoms with E-state index in [0.29, 0.717) is 6.54 Å². The van der Waals surface area contributed by atoms with Gasteiger partial charge in [-0.25, -0.2) is 4.79 Å². The third-order valence-electron chi connectivity index (χ3n) is 4.46. The summed E-state index contributed by atoms with van der Waals surface area (Å²) in [6.45, 7) is 0.371. The van der Waals surface area contributed by atoms with E-state index in [9.17, 15) is 9.59 Å². The Labute approximate surface area is 140 Å². The smallest absolute Gasteiger partial charge is 0.335 e. The summed E-state index contributed by atoms with van der Waals surface area (Å²) in [5, 5.41) is 11.9. The number of benzene rings is 2. The number of hydrogen-bond donors (Lipinski definition) is 2. The van der Waals surface area contributed by atoms with Crippen LogP contribution in [0.3, 0.4) is 0 Å². The van der Waals surface area contributed by atoms with Gasteiger partial charge in [0.15, 0.2) is 0 Å². The lowest BCUT2D eigenvalue weighted by atomic mass is 9.94. The maximum atomic E-state index is 12.7.